The van der Waals surface area contributed by atoms with Gasteiger partial charge >= 0.3 is 6.01 Å². The summed E-state index contributed by atoms with van der Waals surface area (Å²) in [6, 6.07) is 5.93. The Morgan fingerprint density at radius 2 is 2.00 bits per heavy atom. The molecule has 6 heterocycles. The van der Waals surface area contributed by atoms with Crippen LogP contribution in [0, 0.1) is 23.0 Å². The molecule has 3 atom stereocenters. The van der Waals surface area contributed by atoms with Crippen LogP contribution >= 0.6 is 22.9 Å². The van der Waals surface area contributed by atoms with Crippen LogP contribution in [0.3, 0.4) is 0 Å². The standard InChI is InChI=1S/C32H30ClF3N6O3S2/c33-21-11-19-26(25(36)24(21)18-3-4-22(35)27-23(18)20(13-37)28(38)46-27)39-30(45-16-31-5-1-9-42(31)14-17(34)12-31)40-29(19)41-8-2-6-32(15-41)7-10-47(32,43)44/h3-4,11,17H,1-2,5-10,12,14-16,38H2/t17-,31+,32?/m1/s1. The maximum Gasteiger partial charge on any atom is 0.319 e. The highest BCUT2D eigenvalue weighted by atomic mass is 35.5. The maximum absolute atomic E-state index is 17.0. The fraction of sp³-hybridized carbons (Fsp3) is 0.469. The Balaban J connectivity index is 1.30. The number of rotatable bonds is 5. The number of halogens is 4. The van der Waals surface area contributed by atoms with E-state index in [1.54, 1.807) is 0 Å². The topological polar surface area (TPSA) is 125 Å². The highest BCUT2D eigenvalue weighted by Crippen LogP contribution is 2.48. The Bertz CT molecular complexity index is 2140. The van der Waals surface area contributed by atoms with E-state index in [9.17, 15) is 22.5 Å². The molecular formula is C32H30ClF3N6O3S2. The Hall–Kier alpha value is -3.38. The molecule has 2 aromatic heterocycles. The Kier molecular flexibility index (Phi) is 7.12. The van der Waals surface area contributed by atoms with Gasteiger partial charge in [0.2, 0.25) is 0 Å². The first-order valence-electron chi connectivity index (χ1n) is 15.6. The quantitative estimate of drug-likeness (QED) is 0.266. The molecule has 47 heavy (non-hydrogen) atoms. The summed E-state index contributed by atoms with van der Waals surface area (Å²) in [5, 5.41) is 10.3. The number of aromatic nitrogens is 2. The number of nitrogens with two attached hydrogens (primary N) is 1. The third-order valence-corrected chi connectivity index (χ3v) is 14.5. The SMILES string of the molecule is N#Cc1c(N)sc2c(F)ccc(-c3c(Cl)cc4c(N5CCCC6(CCS6(=O)=O)C5)nc(OC[C@@]56CCCN5C[C@H](F)C6)nc4c3F)c12. The second-order valence-corrected chi connectivity index (χ2v) is 17.1. The number of nitriles is 1. The third kappa shape index (κ3) is 4.60. The van der Waals surface area contributed by atoms with Gasteiger partial charge in [0.15, 0.2) is 15.7 Å². The minimum Gasteiger partial charge on any atom is -0.461 e. The van der Waals surface area contributed by atoms with Crippen LogP contribution < -0.4 is 15.4 Å². The van der Waals surface area contributed by atoms with Gasteiger partial charge in [0.25, 0.3) is 0 Å². The van der Waals surface area contributed by atoms with Crippen LogP contribution in [-0.2, 0) is 9.84 Å². The van der Waals surface area contributed by atoms with E-state index in [4.69, 9.17) is 27.1 Å². The highest BCUT2D eigenvalue weighted by molar-refractivity contribution is 7.94. The first-order valence-corrected chi connectivity index (χ1v) is 18.4. The largest absolute Gasteiger partial charge is 0.461 e. The summed E-state index contributed by atoms with van der Waals surface area (Å²) in [5.41, 5.74) is 5.51. The van der Waals surface area contributed by atoms with Crippen LogP contribution in [0.5, 0.6) is 6.01 Å². The number of nitrogens with zero attached hydrogens (tertiary/aromatic N) is 5. The number of alkyl halides is 1. The minimum absolute atomic E-state index is 0.0193. The summed E-state index contributed by atoms with van der Waals surface area (Å²) in [7, 11) is -3.30. The van der Waals surface area contributed by atoms with Gasteiger partial charge in [0, 0.05) is 42.4 Å². The number of fused-ring (bicyclic) bond motifs is 3. The van der Waals surface area contributed by atoms with Crippen LogP contribution in [0.25, 0.3) is 32.1 Å². The lowest BCUT2D eigenvalue weighted by Gasteiger charge is -2.48. The van der Waals surface area contributed by atoms with Gasteiger partial charge in [0.1, 0.15) is 41.0 Å². The number of ether oxygens (including phenoxy) is 1. The molecular weight excluding hydrogens is 673 g/mol. The Morgan fingerprint density at radius 1 is 1.19 bits per heavy atom. The fourth-order valence-corrected chi connectivity index (χ4v) is 11.3. The van der Waals surface area contributed by atoms with E-state index < -0.39 is 37.9 Å². The van der Waals surface area contributed by atoms with Gasteiger partial charge in [-0.2, -0.15) is 15.2 Å². The number of sulfone groups is 1. The van der Waals surface area contributed by atoms with E-state index in [0.717, 1.165) is 30.7 Å². The average molecular weight is 703 g/mol. The van der Waals surface area contributed by atoms with Crippen molar-refractivity contribution in [3.05, 3.63) is 40.4 Å². The molecule has 4 aliphatic heterocycles. The molecule has 0 bridgehead atoms. The number of piperidine rings is 1. The number of hydrogen-bond acceptors (Lipinski definition) is 10. The molecule has 246 valence electrons. The zero-order valence-corrected chi connectivity index (χ0v) is 27.6. The van der Waals surface area contributed by atoms with E-state index in [2.05, 4.69) is 9.88 Å². The molecule has 15 heteroatoms. The second-order valence-electron chi connectivity index (χ2n) is 13.2. The number of nitrogen functional groups attached to an aromatic ring is 1. The lowest BCUT2D eigenvalue weighted by atomic mass is 9.93. The Labute approximate surface area is 278 Å². The summed E-state index contributed by atoms with van der Waals surface area (Å²) in [6.07, 6.45) is 2.66. The third-order valence-electron chi connectivity index (χ3n) is 10.6. The van der Waals surface area contributed by atoms with E-state index in [1.807, 2.05) is 11.0 Å². The van der Waals surface area contributed by atoms with Gasteiger partial charge in [-0.3, -0.25) is 4.90 Å². The highest BCUT2D eigenvalue weighted by Gasteiger charge is 2.54. The monoisotopic (exact) mass is 702 g/mol. The van der Waals surface area contributed by atoms with Crippen molar-refractivity contribution in [2.24, 2.45) is 0 Å². The second kappa shape index (κ2) is 10.8. The van der Waals surface area contributed by atoms with E-state index in [1.165, 1.54) is 18.2 Å². The van der Waals surface area contributed by atoms with Crippen molar-refractivity contribution >= 4 is 64.6 Å². The zero-order chi connectivity index (χ0) is 32.9. The van der Waals surface area contributed by atoms with Gasteiger partial charge in [-0.05, 0) is 56.3 Å². The minimum atomic E-state index is -3.30. The molecule has 4 aromatic rings. The predicted molar refractivity (Wildman–Crippen MR) is 176 cm³/mol. The molecule has 2 N–H and O–H groups in total. The van der Waals surface area contributed by atoms with Crippen LogP contribution in [0.1, 0.15) is 44.1 Å². The van der Waals surface area contributed by atoms with E-state index in [0.29, 0.717) is 38.8 Å². The summed E-state index contributed by atoms with van der Waals surface area (Å²) in [6.45, 7) is 1.86. The van der Waals surface area contributed by atoms with Gasteiger partial charge < -0.3 is 15.4 Å². The molecule has 9 nitrogen and oxygen atoms in total. The Morgan fingerprint density at radius 3 is 2.74 bits per heavy atom. The number of thiophene rings is 1. The van der Waals surface area contributed by atoms with Crippen LogP contribution in [0.2, 0.25) is 5.02 Å². The molecule has 1 unspecified atom stereocenters. The zero-order valence-electron chi connectivity index (χ0n) is 25.2. The summed E-state index contributed by atoms with van der Waals surface area (Å²) in [5.74, 6) is -1.03. The molecule has 4 aliphatic rings. The first-order chi connectivity index (χ1) is 22.5. The molecule has 0 radical (unpaired) electrons. The van der Waals surface area contributed by atoms with Gasteiger partial charge in [-0.25, -0.2) is 21.6 Å². The van der Waals surface area contributed by atoms with Crippen molar-refractivity contribution in [3.8, 4) is 23.2 Å². The summed E-state index contributed by atoms with van der Waals surface area (Å²) in [4.78, 5) is 13.2. The maximum atomic E-state index is 17.0. The van der Waals surface area contributed by atoms with Gasteiger partial charge in [-0.15, -0.1) is 11.3 Å². The van der Waals surface area contributed by atoms with E-state index >= 15 is 4.39 Å². The van der Waals surface area contributed by atoms with Crippen molar-refractivity contribution in [1.82, 2.24) is 14.9 Å². The van der Waals surface area contributed by atoms with Crippen molar-refractivity contribution in [1.29, 1.82) is 5.26 Å². The summed E-state index contributed by atoms with van der Waals surface area (Å²) < 4.78 is 77.6. The van der Waals surface area contributed by atoms with Crippen molar-refractivity contribution in [2.75, 3.05) is 49.2 Å². The van der Waals surface area contributed by atoms with Crippen LogP contribution in [0.4, 0.5) is 24.0 Å². The van der Waals surface area contributed by atoms with Crippen molar-refractivity contribution in [3.63, 3.8) is 0 Å². The van der Waals surface area contributed by atoms with E-state index in [-0.39, 0.29) is 78.4 Å². The normalized spacial score (nSPS) is 27.0. The average Bonchev–Trinajstić information content (AvgIpc) is 3.69. The predicted octanol–water partition coefficient (Wildman–Crippen LogP) is 6.01. The summed E-state index contributed by atoms with van der Waals surface area (Å²) >= 11 is 7.70. The molecule has 0 saturated carbocycles. The lowest BCUT2D eigenvalue weighted by Crippen LogP contribution is -2.60. The molecule has 0 aliphatic carbocycles. The number of hydrogen-bond donors (Lipinski definition) is 1. The first kappa shape index (κ1) is 30.9. The molecule has 0 amide bonds. The van der Waals surface area contributed by atoms with Gasteiger partial charge in [0.05, 0.1) is 31.3 Å². The van der Waals surface area contributed by atoms with Crippen LogP contribution in [0.15, 0.2) is 18.2 Å². The molecule has 4 fully saturated rings. The van der Waals surface area contributed by atoms with Crippen molar-refractivity contribution in [2.45, 2.75) is 55.0 Å². The fourth-order valence-electron chi connectivity index (χ4n) is 8.16. The molecule has 4 saturated heterocycles. The molecule has 2 aromatic carbocycles. The molecule has 1 spiro atoms. The van der Waals surface area contributed by atoms with Crippen molar-refractivity contribution < 1.29 is 26.3 Å². The van der Waals surface area contributed by atoms with Crippen LogP contribution in [-0.4, -0.2) is 78.3 Å². The lowest BCUT2D eigenvalue weighted by molar-refractivity contribution is 0.107. The number of benzene rings is 2. The number of anilines is 2. The van der Waals surface area contributed by atoms with Gasteiger partial charge in [-0.1, -0.05) is 17.7 Å². The smallest absolute Gasteiger partial charge is 0.319 e. The molecule has 8 rings (SSSR count).